The van der Waals surface area contributed by atoms with Gasteiger partial charge in [0.2, 0.25) is 0 Å². The summed E-state index contributed by atoms with van der Waals surface area (Å²) in [5.74, 6) is 0.740. The van der Waals surface area contributed by atoms with E-state index in [1.165, 1.54) is 42.5 Å². The molecule has 4 nitrogen and oxygen atoms in total. The molecule has 0 spiro atoms. The highest BCUT2D eigenvalue weighted by Crippen LogP contribution is 2.19. The molecule has 2 aromatic carbocycles. The van der Waals surface area contributed by atoms with Crippen LogP contribution in [0.15, 0.2) is 42.5 Å². The van der Waals surface area contributed by atoms with E-state index in [1.54, 1.807) is 6.92 Å². The van der Waals surface area contributed by atoms with Crippen LogP contribution in [0, 0.1) is 6.92 Å². The summed E-state index contributed by atoms with van der Waals surface area (Å²) in [4.78, 5) is 0. The van der Waals surface area contributed by atoms with Gasteiger partial charge in [-0.15, -0.1) is 0 Å². The molecule has 0 atom stereocenters. The Bertz CT molecular complexity index is 456. The second kappa shape index (κ2) is 5.65. The minimum atomic E-state index is 0.169. The van der Waals surface area contributed by atoms with Crippen LogP contribution in [0.5, 0.6) is 23.0 Å². The number of benzene rings is 2. The van der Waals surface area contributed by atoms with Crippen molar-refractivity contribution < 1.29 is 20.4 Å². The summed E-state index contributed by atoms with van der Waals surface area (Å²) >= 11 is 0. The van der Waals surface area contributed by atoms with Crippen molar-refractivity contribution in [2.45, 2.75) is 6.92 Å². The van der Waals surface area contributed by atoms with Gasteiger partial charge in [-0.1, -0.05) is 0 Å². The standard InChI is InChI=1S/C7H8O2.C6H6O2/c1-5-4-6(8)2-3-7(5)9;7-5-1-2-6(8)4-3-5/h2-4,8-9H,1H3;1-4,7-8H. The minimum absolute atomic E-state index is 0.169. The van der Waals surface area contributed by atoms with Crippen LogP contribution >= 0.6 is 0 Å². The number of hydrogen-bond donors (Lipinski definition) is 4. The summed E-state index contributed by atoms with van der Waals surface area (Å²) in [7, 11) is 0. The summed E-state index contributed by atoms with van der Waals surface area (Å²) in [5.41, 5.74) is 0.690. The zero-order valence-corrected chi connectivity index (χ0v) is 9.33. The first kappa shape index (κ1) is 12.7. The third-order valence-electron chi connectivity index (χ3n) is 2.03. The maximum absolute atomic E-state index is 8.93. The number of hydrogen-bond acceptors (Lipinski definition) is 4. The fourth-order valence-electron chi connectivity index (χ4n) is 1.09. The molecule has 0 fully saturated rings. The van der Waals surface area contributed by atoms with Crippen LogP contribution in [0.2, 0.25) is 0 Å². The van der Waals surface area contributed by atoms with E-state index in [9.17, 15) is 0 Å². The van der Waals surface area contributed by atoms with Gasteiger partial charge < -0.3 is 20.4 Å². The third-order valence-corrected chi connectivity index (χ3v) is 2.03. The summed E-state index contributed by atoms with van der Waals surface area (Å²) in [6.45, 7) is 1.73. The molecular formula is C13H14O4. The first-order valence-corrected chi connectivity index (χ1v) is 4.95. The van der Waals surface area contributed by atoms with Crippen molar-refractivity contribution in [2.24, 2.45) is 0 Å². The lowest BCUT2D eigenvalue weighted by atomic mass is 10.2. The Hall–Kier alpha value is -2.36. The predicted octanol–water partition coefficient (Wildman–Crippen LogP) is 2.50. The largest absolute Gasteiger partial charge is 0.508 e. The topological polar surface area (TPSA) is 80.9 Å². The fraction of sp³-hybridized carbons (Fsp3) is 0.0769. The van der Waals surface area contributed by atoms with Crippen LogP contribution in [0.25, 0.3) is 0 Å². The molecule has 0 radical (unpaired) electrons. The first-order chi connectivity index (χ1) is 7.99. The van der Waals surface area contributed by atoms with Crippen LogP contribution in [-0.2, 0) is 0 Å². The van der Waals surface area contributed by atoms with Gasteiger partial charge in [-0.25, -0.2) is 0 Å². The van der Waals surface area contributed by atoms with Gasteiger partial charge in [-0.2, -0.15) is 0 Å². The molecule has 4 heteroatoms. The normalized spacial score (nSPS) is 9.24. The van der Waals surface area contributed by atoms with Crippen molar-refractivity contribution in [3.63, 3.8) is 0 Å². The van der Waals surface area contributed by atoms with Gasteiger partial charge in [-0.3, -0.25) is 0 Å². The Morgan fingerprint density at radius 3 is 1.41 bits per heavy atom. The second-order valence-electron chi connectivity index (χ2n) is 3.49. The summed E-state index contributed by atoms with van der Waals surface area (Å²) in [6.07, 6.45) is 0. The van der Waals surface area contributed by atoms with Crippen LogP contribution in [0.1, 0.15) is 5.56 Å². The van der Waals surface area contributed by atoms with Gasteiger partial charge in [0.1, 0.15) is 23.0 Å². The lowest BCUT2D eigenvalue weighted by Gasteiger charge is -1.96. The van der Waals surface area contributed by atoms with Crippen molar-refractivity contribution in [2.75, 3.05) is 0 Å². The molecule has 90 valence electrons. The van der Waals surface area contributed by atoms with Crippen molar-refractivity contribution in [1.29, 1.82) is 0 Å². The molecule has 0 saturated heterocycles. The molecule has 0 bridgehead atoms. The molecule has 2 aromatic rings. The van der Waals surface area contributed by atoms with E-state index in [2.05, 4.69) is 0 Å². The van der Waals surface area contributed by atoms with E-state index in [1.807, 2.05) is 0 Å². The Kier molecular flexibility index (Phi) is 4.22. The highest BCUT2D eigenvalue weighted by atomic mass is 16.3. The number of phenols is 4. The van der Waals surface area contributed by atoms with Crippen LogP contribution in [0.3, 0.4) is 0 Å². The van der Waals surface area contributed by atoms with E-state index in [0.29, 0.717) is 5.56 Å². The third kappa shape index (κ3) is 4.34. The van der Waals surface area contributed by atoms with E-state index in [4.69, 9.17) is 20.4 Å². The number of rotatable bonds is 0. The van der Waals surface area contributed by atoms with E-state index in [0.717, 1.165) is 0 Å². The summed E-state index contributed by atoms with van der Waals surface area (Å²) < 4.78 is 0. The monoisotopic (exact) mass is 234 g/mol. The van der Waals surface area contributed by atoms with Gasteiger partial charge in [0.05, 0.1) is 0 Å². The fourth-order valence-corrected chi connectivity index (χ4v) is 1.09. The summed E-state index contributed by atoms with van der Waals surface area (Å²) in [5, 5.41) is 35.1. The van der Waals surface area contributed by atoms with E-state index in [-0.39, 0.29) is 23.0 Å². The number of phenolic OH excluding ortho intramolecular Hbond substituents is 4. The molecule has 2 rings (SSSR count). The molecular weight excluding hydrogens is 220 g/mol. The predicted molar refractivity (Wildman–Crippen MR) is 64.3 cm³/mol. The Labute approximate surface area is 99.0 Å². The maximum atomic E-state index is 8.93. The van der Waals surface area contributed by atoms with Crippen LogP contribution in [0.4, 0.5) is 0 Å². The zero-order chi connectivity index (χ0) is 12.8. The van der Waals surface area contributed by atoms with Gasteiger partial charge in [0.15, 0.2) is 0 Å². The van der Waals surface area contributed by atoms with Crippen LogP contribution in [-0.4, -0.2) is 20.4 Å². The Morgan fingerprint density at radius 1 is 0.647 bits per heavy atom. The molecule has 0 heterocycles. The van der Waals surface area contributed by atoms with Crippen molar-refractivity contribution >= 4 is 0 Å². The van der Waals surface area contributed by atoms with Crippen molar-refractivity contribution in [3.8, 4) is 23.0 Å². The molecule has 0 aromatic heterocycles. The highest BCUT2D eigenvalue weighted by Gasteiger charge is 1.93. The molecule has 0 aliphatic heterocycles. The van der Waals surface area contributed by atoms with E-state index >= 15 is 0 Å². The van der Waals surface area contributed by atoms with Gasteiger partial charge in [-0.05, 0) is 55.0 Å². The Morgan fingerprint density at radius 2 is 1.06 bits per heavy atom. The van der Waals surface area contributed by atoms with Crippen molar-refractivity contribution in [3.05, 3.63) is 48.0 Å². The van der Waals surface area contributed by atoms with Crippen LogP contribution < -0.4 is 0 Å². The lowest BCUT2D eigenvalue weighted by molar-refractivity contribution is 0.456. The molecule has 0 aliphatic rings. The lowest BCUT2D eigenvalue weighted by Crippen LogP contribution is -1.71. The van der Waals surface area contributed by atoms with Gasteiger partial charge in [0.25, 0.3) is 0 Å². The molecule has 0 aliphatic carbocycles. The molecule has 0 saturated carbocycles. The van der Waals surface area contributed by atoms with Crippen molar-refractivity contribution in [1.82, 2.24) is 0 Å². The average Bonchev–Trinajstić information content (AvgIpc) is 2.29. The maximum Gasteiger partial charge on any atom is 0.118 e. The van der Waals surface area contributed by atoms with E-state index < -0.39 is 0 Å². The smallest absolute Gasteiger partial charge is 0.118 e. The zero-order valence-electron chi connectivity index (χ0n) is 9.33. The first-order valence-electron chi connectivity index (χ1n) is 4.95. The number of aromatic hydroxyl groups is 4. The minimum Gasteiger partial charge on any atom is -0.508 e. The molecule has 0 unspecified atom stereocenters. The molecule has 0 amide bonds. The number of aryl methyl sites for hydroxylation is 1. The second-order valence-corrected chi connectivity index (χ2v) is 3.49. The summed E-state index contributed by atoms with van der Waals surface area (Å²) in [6, 6.07) is 10.1. The quantitative estimate of drug-likeness (QED) is 0.528. The van der Waals surface area contributed by atoms with Gasteiger partial charge in [0, 0.05) is 0 Å². The van der Waals surface area contributed by atoms with Gasteiger partial charge >= 0.3 is 0 Å². The SMILES string of the molecule is Cc1cc(O)ccc1O.Oc1ccc(O)cc1. The average molecular weight is 234 g/mol. The molecule has 17 heavy (non-hydrogen) atoms. The molecule has 4 N–H and O–H groups in total. The highest BCUT2D eigenvalue weighted by molar-refractivity contribution is 5.37. The Balaban J connectivity index is 0.000000171.